The quantitative estimate of drug-likeness (QED) is 0.657. The minimum absolute atomic E-state index is 0.108. The Bertz CT molecular complexity index is 628. The highest BCUT2D eigenvalue weighted by Gasteiger charge is 2.23. The van der Waals surface area contributed by atoms with Gasteiger partial charge in [0.15, 0.2) is 0 Å². The zero-order chi connectivity index (χ0) is 17.5. The molecule has 0 aromatic heterocycles. The molecule has 0 heterocycles. The van der Waals surface area contributed by atoms with E-state index < -0.39 is 10.0 Å². The Hall–Kier alpha value is -1.64. The van der Waals surface area contributed by atoms with E-state index >= 15 is 0 Å². The number of ether oxygens (including phenoxy) is 1. The first-order chi connectivity index (χ1) is 10.9. The van der Waals surface area contributed by atoms with Gasteiger partial charge in [0.1, 0.15) is 0 Å². The zero-order valence-electron chi connectivity index (χ0n) is 14.0. The van der Waals surface area contributed by atoms with Gasteiger partial charge in [0.25, 0.3) is 5.91 Å². The molecule has 1 rings (SSSR count). The number of nitrogens with zero attached hydrogens (tertiary/aromatic N) is 1. The van der Waals surface area contributed by atoms with Crippen LogP contribution >= 0.6 is 0 Å². The average Bonchev–Trinajstić information content (AvgIpc) is 2.55. The molecule has 7 nitrogen and oxygen atoms in total. The van der Waals surface area contributed by atoms with Gasteiger partial charge in [0.2, 0.25) is 10.0 Å². The molecular weight excluding hydrogens is 318 g/mol. The SMILES string of the molecule is CCN(CC)S(=O)(=O)c1ccc(NCCOC)c(C(=O)NC)c1. The number of hydrogen-bond donors (Lipinski definition) is 2. The monoisotopic (exact) mass is 343 g/mol. The van der Waals surface area contributed by atoms with Crippen molar-refractivity contribution < 1.29 is 17.9 Å². The van der Waals surface area contributed by atoms with Gasteiger partial charge in [-0.05, 0) is 18.2 Å². The van der Waals surface area contributed by atoms with E-state index in [9.17, 15) is 13.2 Å². The van der Waals surface area contributed by atoms with E-state index in [1.165, 1.54) is 23.5 Å². The second-order valence-corrected chi connectivity index (χ2v) is 6.73. The third kappa shape index (κ3) is 4.66. The number of anilines is 1. The Morgan fingerprint density at radius 1 is 1.26 bits per heavy atom. The molecule has 0 unspecified atom stereocenters. The Morgan fingerprint density at radius 3 is 2.43 bits per heavy atom. The maximum absolute atomic E-state index is 12.6. The first kappa shape index (κ1) is 19.4. The highest BCUT2D eigenvalue weighted by atomic mass is 32.2. The normalized spacial score (nSPS) is 11.5. The molecule has 2 N–H and O–H groups in total. The van der Waals surface area contributed by atoms with E-state index in [4.69, 9.17) is 4.74 Å². The molecule has 0 aliphatic heterocycles. The van der Waals surface area contributed by atoms with Crippen molar-refractivity contribution in [3.05, 3.63) is 23.8 Å². The van der Waals surface area contributed by atoms with E-state index in [1.54, 1.807) is 27.0 Å². The minimum Gasteiger partial charge on any atom is -0.383 e. The van der Waals surface area contributed by atoms with Crippen molar-refractivity contribution in [3.8, 4) is 0 Å². The number of amides is 1. The zero-order valence-corrected chi connectivity index (χ0v) is 14.9. The van der Waals surface area contributed by atoms with Crippen LogP contribution in [0.2, 0.25) is 0 Å². The Labute approximate surface area is 138 Å². The van der Waals surface area contributed by atoms with Gasteiger partial charge >= 0.3 is 0 Å². The first-order valence-corrected chi connectivity index (χ1v) is 8.95. The van der Waals surface area contributed by atoms with Crippen LogP contribution < -0.4 is 10.6 Å². The summed E-state index contributed by atoms with van der Waals surface area (Å²) in [6, 6.07) is 4.52. The third-order valence-corrected chi connectivity index (χ3v) is 5.47. The summed E-state index contributed by atoms with van der Waals surface area (Å²) in [5, 5.41) is 5.60. The number of nitrogens with one attached hydrogen (secondary N) is 2. The molecule has 0 saturated carbocycles. The molecule has 0 aliphatic rings. The van der Waals surface area contributed by atoms with Gasteiger partial charge in [-0.3, -0.25) is 4.79 Å². The molecule has 0 spiro atoms. The van der Waals surface area contributed by atoms with Crippen LogP contribution in [-0.2, 0) is 14.8 Å². The Morgan fingerprint density at radius 2 is 1.91 bits per heavy atom. The third-order valence-electron chi connectivity index (χ3n) is 3.43. The molecule has 8 heteroatoms. The molecule has 0 aliphatic carbocycles. The fourth-order valence-corrected chi connectivity index (χ4v) is 3.65. The standard InChI is InChI=1S/C15H25N3O4S/c1-5-18(6-2)23(20,21)12-7-8-14(17-9-10-22-4)13(11-12)15(19)16-3/h7-8,11,17H,5-6,9-10H2,1-4H3,(H,16,19). The van der Waals surface area contributed by atoms with Crippen LogP contribution in [0.4, 0.5) is 5.69 Å². The molecule has 0 radical (unpaired) electrons. The summed E-state index contributed by atoms with van der Waals surface area (Å²) >= 11 is 0. The summed E-state index contributed by atoms with van der Waals surface area (Å²) in [6.45, 7) is 5.31. The molecule has 130 valence electrons. The highest BCUT2D eigenvalue weighted by Crippen LogP contribution is 2.23. The summed E-state index contributed by atoms with van der Waals surface area (Å²) in [4.78, 5) is 12.2. The van der Waals surface area contributed by atoms with Crippen LogP contribution in [0.3, 0.4) is 0 Å². The number of rotatable bonds is 9. The molecule has 0 atom stereocenters. The topological polar surface area (TPSA) is 87.7 Å². The fourth-order valence-electron chi connectivity index (χ4n) is 2.16. The van der Waals surface area contributed by atoms with E-state index in [1.807, 2.05) is 0 Å². The van der Waals surface area contributed by atoms with Gasteiger partial charge in [-0.2, -0.15) is 4.31 Å². The maximum atomic E-state index is 12.6. The van der Waals surface area contributed by atoms with Crippen molar-refractivity contribution in [2.24, 2.45) is 0 Å². The summed E-state index contributed by atoms with van der Waals surface area (Å²) in [6.07, 6.45) is 0. The van der Waals surface area contributed by atoms with E-state index in [2.05, 4.69) is 10.6 Å². The summed E-state index contributed by atoms with van der Waals surface area (Å²) in [5.41, 5.74) is 0.858. The second kappa shape index (κ2) is 8.85. The van der Waals surface area contributed by atoms with Crippen molar-refractivity contribution >= 4 is 21.6 Å². The lowest BCUT2D eigenvalue weighted by molar-refractivity contribution is 0.0963. The highest BCUT2D eigenvalue weighted by molar-refractivity contribution is 7.89. The maximum Gasteiger partial charge on any atom is 0.253 e. The number of hydrogen-bond acceptors (Lipinski definition) is 5. The summed E-state index contributed by atoms with van der Waals surface area (Å²) in [5.74, 6) is -0.346. The number of benzene rings is 1. The minimum atomic E-state index is -3.61. The Balaban J connectivity index is 3.25. The molecule has 0 fully saturated rings. The van der Waals surface area contributed by atoms with Crippen molar-refractivity contribution in [2.75, 3.05) is 45.7 Å². The molecule has 1 aromatic carbocycles. The Kier molecular flexibility index (Phi) is 7.47. The van der Waals surface area contributed by atoms with Crippen molar-refractivity contribution in [2.45, 2.75) is 18.7 Å². The van der Waals surface area contributed by atoms with E-state index in [0.29, 0.717) is 31.9 Å². The van der Waals surface area contributed by atoms with E-state index in [-0.39, 0.29) is 16.4 Å². The fraction of sp³-hybridized carbons (Fsp3) is 0.533. The summed E-state index contributed by atoms with van der Waals surface area (Å²) < 4.78 is 31.5. The van der Waals surface area contributed by atoms with Gasteiger partial charge in [0, 0.05) is 39.5 Å². The number of carbonyl (C=O) groups excluding carboxylic acids is 1. The largest absolute Gasteiger partial charge is 0.383 e. The lowest BCUT2D eigenvalue weighted by Crippen LogP contribution is -2.31. The van der Waals surface area contributed by atoms with Crippen LogP contribution in [0.25, 0.3) is 0 Å². The molecule has 1 amide bonds. The van der Waals surface area contributed by atoms with Crippen LogP contribution in [0, 0.1) is 0 Å². The van der Waals surface area contributed by atoms with Crippen LogP contribution in [0.5, 0.6) is 0 Å². The lowest BCUT2D eigenvalue weighted by atomic mass is 10.1. The van der Waals surface area contributed by atoms with E-state index in [0.717, 1.165) is 0 Å². The van der Waals surface area contributed by atoms with Crippen molar-refractivity contribution in [1.29, 1.82) is 0 Å². The first-order valence-electron chi connectivity index (χ1n) is 7.51. The van der Waals surface area contributed by atoms with Gasteiger partial charge < -0.3 is 15.4 Å². The second-order valence-electron chi connectivity index (χ2n) is 4.80. The molecule has 0 bridgehead atoms. The smallest absolute Gasteiger partial charge is 0.253 e. The van der Waals surface area contributed by atoms with Gasteiger partial charge in [0.05, 0.1) is 17.1 Å². The predicted molar refractivity (Wildman–Crippen MR) is 90.3 cm³/mol. The van der Waals surface area contributed by atoms with Crippen LogP contribution in [0.15, 0.2) is 23.1 Å². The number of carbonyl (C=O) groups is 1. The van der Waals surface area contributed by atoms with Crippen LogP contribution in [0.1, 0.15) is 24.2 Å². The number of methoxy groups -OCH3 is 1. The molecule has 23 heavy (non-hydrogen) atoms. The lowest BCUT2D eigenvalue weighted by Gasteiger charge is -2.19. The van der Waals surface area contributed by atoms with Gasteiger partial charge in [-0.1, -0.05) is 13.8 Å². The molecular formula is C15H25N3O4S. The van der Waals surface area contributed by atoms with Crippen molar-refractivity contribution in [1.82, 2.24) is 9.62 Å². The van der Waals surface area contributed by atoms with Gasteiger partial charge in [-0.15, -0.1) is 0 Å². The average molecular weight is 343 g/mol. The van der Waals surface area contributed by atoms with Crippen molar-refractivity contribution in [3.63, 3.8) is 0 Å². The molecule has 0 saturated heterocycles. The molecule has 1 aromatic rings. The predicted octanol–water partition coefficient (Wildman–Crippen LogP) is 1.14. The van der Waals surface area contributed by atoms with Gasteiger partial charge in [-0.25, -0.2) is 8.42 Å². The number of sulfonamides is 1. The summed E-state index contributed by atoms with van der Waals surface area (Å²) in [7, 11) is -0.515. The van der Waals surface area contributed by atoms with Crippen LogP contribution in [-0.4, -0.2) is 59.0 Å².